The Bertz CT molecular complexity index is 1270. The van der Waals surface area contributed by atoms with Crippen LogP contribution in [0, 0.1) is 5.41 Å². The van der Waals surface area contributed by atoms with Crippen molar-refractivity contribution in [3.05, 3.63) is 63.7 Å². The summed E-state index contributed by atoms with van der Waals surface area (Å²) < 4.78 is 108. The van der Waals surface area contributed by atoms with Gasteiger partial charge in [0.05, 0.1) is 10.6 Å². The van der Waals surface area contributed by atoms with E-state index in [2.05, 4.69) is 0 Å². The van der Waals surface area contributed by atoms with Crippen LogP contribution in [0.2, 0.25) is 5.02 Å². The van der Waals surface area contributed by atoms with Gasteiger partial charge in [0.2, 0.25) is 0 Å². The van der Waals surface area contributed by atoms with E-state index in [0.29, 0.717) is 12.5 Å². The molecule has 0 saturated heterocycles. The van der Waals surface area contributed by atoms with Gasteiger partial charge in [-0.15, -0.1) is 0 Å². The van der Waals surface area contributed by atoms with E-state index in [-0.39, 0.29) is 22.6 Å². The molecule has 1 amide bonds. The molecule has 0 aliphatic carbocycles. The summed E-state index contributed by atoms with van der Waals surface area (Å²) in [5, 5.41) is 1.68. The number of carbonyl (C=O) groups excluding carboxylic acids is 3. The van der Waals surface area contributed by atoms with Gasteiger partial charge in [-0.3, -0.25) is 14.4 Å². The smallest absolute Gasteiger partial charge is 0.408 e. The van der Waals surface area contributed by atoms with Crippen LogP contribution in [0.15, 0.2) is 36.4 Å². The summed E-state index contributed by atoms with van der Waals surface area (Å²) in [6.07, 6.45) is -13.5. The monoisotopic (exact) mass is 615 g/mol. The Morgan fingerprint density at radius 1 is 0.927 bits per heavy atom. The van der Waals surface area contributed by atoms with Crippen LogP contribution < -0.4 is 10.1 Å². The van der Waals surface area contributed by atoms with E-state index in [1.54, 1.807) is 5.32 Å². The molecule has 2 rings (SSSR count). The van der Waals surface area contributed by atoms with Crippen LogP contribution in [0.3, 0.4) is 0 Å². The van der Waals surface area contributed by atoms with Crippen molar-refractivity contribution in [2.24, 2.45) is 5.41 Å². The quantitative estimate of drug-likeness (QED) is 0.203. The lowest BCUT2D eigenvalue weighted by molar-refractivity contribution is -0.210. The molecule has 0 aliphatic heterocycles. The Labute approximate surface area is 235 Å². The van der Waals surface area contributed by atoms with Gasteiger partial charge >= 0.3 is 12.4 Å². The highest BCUT2D eigenvalue weighted by Gasteiger charge is 2.51. The Balaban J connectivity index is 2.28. The van der Waals surface area contributed by atoms with Crippen LogP contribution in [-0.2, 0) is 17.6 Å². The maximum atomic E-state index is 13.1. The summed E-state index contributed by atoms with van der Waals surface area (Å²) in [7, 11) is 0. The zero-order chi connectivity index (χ0) is 31.3. The summed E-state index contributed by atoms with van der Waals surface area (Å²) in [5.41, 5.74) is -2.68. The second-order valence-electron chi connectivity index (χ2n) is 9.73. The lowest BCUT2D eigenvalue weighted by Gasteiger charge is -2.26. The molecule has 14 heteroatoms. The van der Waals surface area contributed by atoms with Gasteiger partial charge in [0.1, 0.15) is 29.6 Å². The van der Waals surface area contributed by atoms with E-state index < -0.39 is 78.5 Å². The van der Waals surface area contributed by atoms with Crippen LogP contribution in [0.4, 0.5) is 35.1 Å². The summed E-state index contributed by atoms with van der Waals surface area (Å²) in [4.78, 5) is 37.7. The highest BCUT2D eigenvalue weighted by Crippen LogP contribution is 2.39. The predicted molar refractivity (Wildman–Crippen MR) is 134 cm³/mol. The first kappa shape index (κ1) is 34.0. The second kappa shape index (κ2) is 13.2. The zero-order valence-electron chi connectivity index (χ0n) is 22.0. The molecule has 0 fully saturated rings. The Morgan fingerprint density at radius 3 is 2.07 bits per heavy atom. The second-order valence-corrected chi connectivity index (χ2v) is 10.1. The molecule has 0 aromatic heterocycles. The Morgan fingerprint density at radius 2 is 1.51 bits per heavy atom. The predicted octanol–water partition coefficient (Wildman–Crippen LogP) is 7.18. The van der Waals surface area contributed by atoms with Crippen molar-refractivity contribution in [2.75, 3.05) is 6.61 Å². The molecule has 2 aromatic rings. The van der Waals surface area contributed by atoms with E-state index in [1.807, 2.05) is 0 Å². The zero-order valence-corrected chi connectivity index (χ0v) is 22.7. The number of benzene rings is 2. The topological polar surface area (TPSA) is 72.5 Å². The molecule has 0 bridgehead atoms. The van der Waals surface area contributed by atoms with Crippen molar-refractivity contribution < 1.29 is 54.2 Å². The fourth-order valence-corrected chi connectivity index (χ4v) is 3.67. The largest absolute Gasteiger partial charge is 0.487 e. The van der Waals surface area contributed by atoms with E-state index in [4.69, 9.17) is 16.3 Å². The van der Waals surface area contributed by atoms with Crippen molar-refractivity contribution in [2.45, 2.75) is 64.9 Å². The number of ether oxygens (including phenoxy) is 1. The van der Waals surface area contributed by atoms with Gasteiger partial charge in [-0.1, -0.05) is 23.7 Å². The number of rotatable bonds is 12. The summed E-state index contributed by atoms with van der Waals surface area (Å²) in [6, 6.07) is 5.11. The van der Waals surface area contributed by atoms with Crippen molar-refractivity contribution in [3.8, 4) is 5.75 Å². The molecule has 5 nitrogen and oxygen atoms in total. The van der Waals surface area contributed by atoms with E-state index in [9.17, 15) is 49.5 Å². The molecule has 0 saturated carbocycles. The van der Waals surface area contributed by atoms with Gasteiger partial charge in [-0.05, 0) is 62.6 Å². The molecule has 0 spiro atoms. The highest BCUT2D eigenvalue weighted by molar-refractivity contribution is 6.34. The number of alkyl halides is 8. The number of aryl methyl sites for hydroxylation is 1. The van der Waals surface area contributed by atoms with Gasteiger partial charge in [0.15, 0.2) is 5.78 Å². The average Bonchev–Trinajstić information content (AvgIpc) is 2.85. The highest BCUT2D eigenvalue weighted by atomic mass is 35.5. The van der Waals surface area contributed by atoms with Crippen LogP contribution in [0.5, 0.6) is 5.75 Å². The summed E-state index contributed by atoms with van der Waals surface area (Å²) in [5.74, 6) is -3.39. The molecular formula is C27H26ClF8NO4. The first-order valence-corrected chi connectivity index (χ1v) is 12.4. The molecular weight excluding hydrogens is 590 g/mol. The number of carbonyl (C=O) groups is 3. The number of hydrogen-bond acceptors (Lipinski definition) is 4. The maximum absolute atomic E-state index is 13.1. The van der Waals surface area contributed by atoms with Crippen LogP contribution in [0.1, 0.15) is 59.0 Å². The molecule has 0 aliphatic rings. The number of ketones is 2. The standard InChI is InChI=1S/C27H26ClF8NO4/c1-14(26(31,32)33)37-24(40)18-11-16(5-8-21(18)41-13-23(29)30)12-20(38)17-10-15(4-7-19(17)28)6-9-22(39)25(2,3)27(34,35)36/h4-5,7-8,10-11,14,23H,6,9,12-13H2,1-3H3,(H,37,40). The summed E-state index contributed by atoms with van der Waals surface area (Å²) >= 11 is 6.13. The molecule has 2 aromatic carbocycles. The molecule has 0 heterocycles. The van der Waals surface area contributed by atoms with E-state index >= 15 is 0 Å². The summed E-state index contributed by atoms with van der Waals surface area (Å²) in [6.45, 7) is 1.08. The molecule has 226 valence electrons. The molecule has 0 radical (unpaired) electrons. The molecule has 1 unspecified atom stereocenters. The van der Waals surface area contributed by atoms with Crippen molar-refractivity contribution in [1.29, 1.82) is 0 Å². The minimum absolute atomic E-state index is 0.0189. The maximum Gasteiger partial charge on any atom is 0.408 e. The number of halogens is 9. The van der Waals surface area contributed by atoms with Gasteiger partial charge in [-0.2, -0.15) is 26.3 Å². The number of hydrogen-bond donors (Lipinski definition) is 1. The number of amides is 1. The van der Waals surface area contributed by atoms with Gasteiger partial charge < -0.3 is 10.1 Å². The lowest BCUT2D eigenvalue weighted by Crippen LogP contribution is -2.43. The van der Waals surface area contributed by atoms with Gasteiger partial charge in [0, 0.05) is 18.4 Å². The van der Waals surface area contributed by atoms with Crippen molar-refractivity contribution in [3.63, 3.8) is 0 Å². The third kappa shape index (κ3) is 9.14. The number of nitrogens with one attached hydrogen (secondary N) is 1. The average molecular weight is 616 g/mol. The Hall–Kier alpha value is -3.22. The molecule has 1 atom stereocenters. The molecule has 1 N–H and O–H groups in total. The normalized spacial score (nSPS) is 13.2. The van der Waals surface area contributed by atoms with Crippen LogP contribution in [-0.4, -0.2) is 48.9 Å². The third-order valence-electron chi connectivity index (χ3n) is 6.23. The fourth-order valence-electron chi connectivity index (χ4n) is 3.45. The minimum Gasteiger partial charge on any atom is -0.487 e. The van der Waals surface area contributed by atoms with Crippen molar-refractivity contribution >= 4 is 29.1 Å². The van der Waals surface area contributed by atoms with E-state index in [0.717, 1.165) is 26.0 Å². The first-order valence-electron chi connectivity index (χ1n) is 12.1. The lowest BCUT2D eigenvalue weighted by atomic mass is 9.84. The minimum atomic E-state index is -4.79. The van der Waals surface area contributed by atoms with Gasteiger partial charge in [0.25, 0.3) is 12.3 Å². The SMILES string of the molecule is CC(NC(=O)c1cc(CC(=O)c2cc(CCC(=O)C(C)(C)C(F)(F)F)ccc2Cl)ccc1OCC(F)F)C(F)(F)F. The Kier molecular flexibility index (Phi) is 10.9. The van der Waals surface area contributed by atoms with E-state index in [1.165, 1.54) is 24.3 Å². The van der Waals surface area contributed by atoms with Crippen molar-refractivity contribution in [1.82, 2.24) is 5.32 Å². The third-order valence-corrected chi connectivity index (χ3v) is 6.56. The number of Topliss-reactive ketones (excluding diaryl/α,β-unsaturated/α-hetero) is 2. The van der Waals surface area contributed by atoms with Crippen LogP contribution in [0.25, 0.3) is 0 Å². The van der Waals surface area contributed by atoms with Gasteiger partial charge in [-0.25, -0.2) is 8.78 Å². The van der Waals surface area contributed by atoms with Crippen LogP contribution >= 0.6 is 11.6 Å². The molecule has 41 heavy (non-hydrogen) atoms. The first-order chi connectivity index (χ1) is 18.7. The fraction of sp³-hybridized carbons (Fsp3) is 0.444.